The average Bonchev–Trinajstić information content (AvgIpc) is 2.95. The van der Waals surface area contributed by atoms with Gasteiger partial charge in [0.25, 0.3) is 5.91 Å². The Bertz CT molecular complexity index is 1430. The third kappa shape index (κ3) is 9.20. The van der Waals surface area contributed by atoms with Gasteiger partial charge in [0.1, 0.15) is 11.4 Å². The van der Waals surface area contributed by atoms with Crippen LogP contribution in [0.25, 0.3) is 5.57 Å². The molecule has 0 spiro atoms. The molecule has 2 aromatic rings. The molecular weight excluding hydrogens is 541 g/mol. The minimum atomic E-state index is -1.41. The maximum absolute atomic E-state index is 14.7. The van der Waals surface area contributed by atoms with Crippen LogP contribution in [0.1, 0.15) is 78.6 Å². The van der Waals surface area contributed by atoms with E-state index in [0.717, 1.165) is 41.1 Å². The number of aliphatic imine (C=N–C) groups is 1. The van der Waals surface area contributed by atoms with E-state index in [0.29, 0.717) is 30.8 Å². The number of hydrogen-bond acceptors (Lipinski definition) is 6. The fraction of sp³-hybridized carbons (Fsp3) is 0.429. The number of piperazine rings is 1. The Morgan fingerprint density at radius 1 is 1.26 bits per heavy atom. The summed E-state index contributed by atoms with van der Waals surface area (Å²) in [5.41, 5.74) is 3.68. The van der Waals surface area contributed by atoms with Crippen molar-refractivity contribution in [2.24, 2.45) is 4.99 Å². The molecular formula is C35H46FN5O2. The number of halogens is 1. The normalized spacial score (nSPS) is 16.0. The molecule has 1 fully saturated rings. The van der Waals surface area contributed by atoms with Crippen LogP contribution in [-0.4, -0.2) is 62.3 Å². The van der Waals surface area contributed by atoms with Gasteiger partial charge in [0.05, 0.1) is 17.2 Å². The van der Waals surface area contributed by atoms with Crippen LogP contribution in [0.4, 0.5) is 4.39 Å². The van der Waals surface area contributed by atoms with E-state index in [1.54, 1.807) is 29.3 Å². The summed E-state index contributed by atoms with van der Waals surface area (Å²) in [6.45, 7) is 20.3. The molecule has 1 aliphatic heterocycles. The zero-order chi connectivity index (χ0) is 32.4. The minimum Gasteiger partial charge on any atom is -0.381 e. The lowest BCUT2D eigenvalue weighted by molar-refractivity contribution is -0.152. The molecule has 1 aromatic carbocycles. The molecule has 2 heterocycles. The van der Waals surface area contributed by atoms with Crippen LogP contribution in [0.5, 0.6) is 0 Å². The van der Waals surface area contributed by atoms with Gasteiger partial charge < -0.3 is 14.9 Å². The van der Waals surface area contributed by atoms with Crippen LogP contribution in [0.2, 0.25) is 0 Å². The Labute approximate surface area is 256 Å². The van der Waals surface area contributed by atoms with Crippen molar-refractivity contribution >= 4 is 17.2 Å². The molecule has 0 saturated carbocycles. The molecule has 0 aliphatic carbocycles. The highest BCUT2D eigenvalue weighted by Crippen LogP contribution is 2.34. The molecule has 1 aromatic heterocycles. The van der Waals surface area contributed by atoms with Crippen molar-refractivity contribution in [3.05, 3.63) is 95.4 Å². The summed E-state index contributed by atoms with van der Waals surface area (Å²) in [4.78, 5) is 25.2. The molecule has 8 heteroatoms. The predicted molar refractivity (Wildman–Crippen MR) is 173 cm³/mol. The number of carbonyl (C=O) groups is 1. The van der Waals surface area contributed by atoms with Crippen molar-refractivity contribution in [1.29, 1.82) is 5.26 Å². The number of amides is 1. The SMILES string of the molecule is C=CN=C(C)C(/C(=C\C)c1ccccc1F)=C(\C)N1CCN(C(=O)C(C)(C)O)CC1(C)C.CCCc1cc(C#N)ccn1. The first-order chi connectivity index (χ1) is 20.2. The Morgan fingerprint density at radius 3 is 2.47 bits per heavy atom. The largest absolute Gasteiger partial charge is 0.381 e. The number of nitrogens with zero attached hydrogens (tertiary/aromatic N) is 5. The van der Waals surface area contributed by atoms with Gasteiger partial charge in [-0.3, -0.25) is 14.8 Å². The predicted octanol–water partition coefficient (Wildman–Crippen LogP) is 6.71. The number of nitriles is 1. The molecule has 0 unspecified atom stereocenters. The standard InChI is InChI=1S/C26H36FN3O2.C9H10N2/c1-9-20(21-13-11-12-14-22(21)27)23(18(3)28-10-2)19(4)30-16-15-29(17-25(30,5)6)24(31)26(7,8)32;1-2-3-9-6-8(7-10)4-5-11-9/h9-14,32H,2,15-17H2,1,3-8H3;4-6H,2-3H2,1H3/b20-9-,23-19-,28-18?;. The van der Waals surface area contributed by atoms with Crippen molar-refractivity contribution in [2.45, 2.75) is 79.4 Å². The van der Waals surface area contributed by atoms with Crippen LogP contribution in [0.3, 0.4) is 0 Å². The first kappa shape index (κ1) is 35.1. The first-order valence-corrected chi connectivity index (χ1v) is 14.6. The summed E-state index contributed by atoms with van der Waals surface area (Å²) in [5, 5.41) is 18.7. The molecule has 43 heavy (non-hydrogen) atoms. The van der Waals surface area contributed by atoms with Gasteiger partial charge in [-0.15, -0.1) is 0 Å². The summed E-state index contributed by atoms with van der Waals surface area (Å²) in [6, 6.07) is 12.4. The van der Waals surface area contributed by atoms with Crippen LogP contribution < -0.4 is 0 Å². The number of rotatable bonds is 8. The van der Waals surface area contributed by atoms with E-state index in [-0.39, 0.29) is 11.7 Å². The summed E-state index contributed by atoms with van der Waals surface area (Å²) >= 11 is 0. The molecule has 0 bridgehead atoms. The number of hydrogen-bond donors (Lipinski definition) is 1. The maximum Gasteiger partial charge on any atom is 0.254 e. The van der Waals surface area contributed by atoms with E-state index in [1.807, 2.05) is 39.0 Å². The second-order valence-electron chi connectivity index (χ2n) is 11.7. The van der Waals surface area contributed by atoms with Crippen molar-refractivity contribution in [2.75, 3.05) is 19.6 Å². The van der Waals surface area contributed by atoms with Gasteiger partial charge >= 0.3 is 0 Å². The lowest BCUT2D eigenvalue weighted by atomic mass is 9.89. The Balaban J connectivity index is 0.000000490. The zero-order valence-corrected chi connectivity index (χ0v) is 26.9. The van der Waals surface area contributed by atoms with Gasteiger partial charge in [0.2, 0.25) is 0 Å². The quantitative estimate of drug-likeness (QED) is 0.274. The number of pyridine rings is 1. The second-order valence-corrected chi connectivity index (χ2v) is 11.7. The summed E-state index contributed by atoms with van der Waals surface area (Å²) in [5.74, 6) is -0.575. The molecule has 3 rings (SSSR count). The second kappa shape index (κ2) is 15.4. The Morgan fingerprint density at radius 2 is 1.93 bits per heavy atom. The average molecular weight is 588 g/mol. The fourth-order valence-corrected chi connectivity index (χ4v) is 5.38. The zero-order valence-electron chi connectivity index (χ0n) is 26.9. The van der Waals surface area contributed by atoms with Gasteiger partial charge in [-0.05, 0) is 78.7 Å². The third-order valence-electron chi connectivity index (χ3n) is 7.30. The first-order valence-electron chi connectivity index (χ1n) is 14.6. The monoisotopic (exact) mass is 587 g/mol. The van der Waals surface area contributed by atoms with Crippen LogP contribution in [-0.2, 0) is 11.2 Å². The van der Waals surface area contributed by atoms with E-state index < -0.39 is 11.1 Å². The Kier molecular flexibility index (Phi) is 12.6. The van der Waals surface area contributed by atoms with Crippen LogP contribution in [0.15, 0.2) is 77.7 Å². The van der Waals surface area contributed by atoms with Gasteiger partial charge in [-0.2, -0.15) is 5.26 Å². The van der Waals surface area contributed by atoms with Gasteiger partial charge in [-0.25, -0.2) is 4.39 Å². The van der Waals surface area contributed by atoms with Crippen molar-refractivity contribution in [1.82, 2.24) is 14.8 Å². The maximum atomic E-state index is 14.7. The summed E-state index contributed by atoms with van der Waals surface area (Å²) < 4.78 is 14.7. The van der Waals surface area contributed by atoms with E-state index >= 15 is 0 Å². The Hall–Kier alpha value is -4.09. The molecule has 7 nitrogen and oxygen atoms in total. The fourth-order valence-electron chi connectivity index (χ4n) is 5.38. The number of aryl methyl sites for hydroxylation is 1. The van der Waals surface area contributed by atoms with Crippen molar-refractivity contribution in [3.8, 4) is 6.07 Å². The number of aliphatic hydroxyl groups is 1. The highest BCUT2D eigenvalue weighted by molar-refractivity contribution is 6.12. The number of aromatic nitrogens is 1. The molecule has 1 saturated heterocycles. The smallest absolute Gasteiger partial charge is 0.254 e. The van der Waals surface area contributed by atoms with Gasteiger partial charge in [0, 0.05) is 60.3 Å². The molecule has 0 atom stereocenters. The molecule has 1 amide bonds. The van der Waals surface area contributed by atoms with Crippen molar-refractivity contribution < 1.29 is 14.3 Å². The van der Waals surface area contributed by atoms with Crippen LogP contribution in [0, 0.1) is 17.1 Å². The molecule has 230 valence electrons. The highest BCUT2D eigenvalue weighted by atomic mass is 19.1. The minimum absolute atomic E-state index is 0.281. The topological polar surface area (TPSA) is 92.8 Å². The van der Waals surface area contributed by atoms with E-state index in [9.17, 15) is 14.3 Å². The lowest BCUT2D eigenvalue weighted by Crippen LogP contribution is -2.62. The number of allylic oxidation sites excluding steroid dienone is 4. The number of benzene rings is 1. The summed E-state index contributed by atoms with van der Waals surface area (Å²) in [7, 11) is 0. The van der Waals surface area contributed by atoms with E-state index in [2.05, 4.69) is 48.3 Å². The van der Waals surface area contributed by atoms with Crippen LogP contribution >= 0.6 is 0 Å². The van der Waals surface area contributed by atoms with Gasteiger partial charge in [-0.1, -0.05) is 44.2 Å². The molecule has 0 radical (unpaired) electrons. The summed E-state index contributed by atoms with van der Waals surface area (Å²) in [6.07, 6.45) is 7.10. The number of carbonyl (C=O) groups excluding carboxylic acids is 1. The molecule has 1 aliphatic rings. The highest BCUT2D eigenvalue weighted by Gasteiger charge is 2.40. The van der Waals surface area contributed by atoms with E-state index in [4.69, 9.17) is 5.26 Å². The lowest BCUT2D eigenvalue weighted by Gasteiger charge is -2.50. The van der Waals surface area contributed by atoms with Crippen molar-refractivity contribution in [3.63, 3.8) is 0 Å². The molecule has 1 N–H and O–H groups in total. The van der Waals surface area contributed by atoms with Gasteiger partial charge in [0.15, 0.2) is 0 Å². The third-order valence-corrected chi connectivity index (χ3v) is 7.30. The van der Waals surface area contributed by atoms with E-state index in [1.165, 1.54) is 26.1 Å².